The molecule has 0 unspecified atom stereocenters. The van der Waals surface area contributed by atoms with Crippen molar-refractivity contribution in [2.45, 2.75) is 13.5 Å². The average molecular weight is 358 g/mol. The number of amides is 2. The molecular formula is C17H15FN4O2S. The van der Waals surface area contributed by atoms with E-state index in [0.717, 1.165) is 0 Å². The summed E-state index contributed by atoms with van der Waals surface area (Å²) in [5.74, 6) is -1.15. The molecule has 0 radical (unpaired) electrons. The van der Waals surface area contributed by atoms with Crippen LogP contribution < -0.4 is 10.6 Å². The summed E-state index contributed by atoms with van der Waals surface area (Å²) in [4.78, 5) is 24.6. The Kier molecular flexibility index (Phi) is 4.90. The Hall–Kier alpha value is -3.00. The molecule has 2 heterocycles. The highest BCUT2D eigenvalue weighted by atomic mass is 32.1. The second kappa shape index (κ2) is 7.27. The fraction of sp³-hybridized carbons (Fsp3) is 0.118. The summed E-state index contributed by atoms with van der Waals surface area (Å²) in [7, 11) is 0. The number of nitrogens with zero attached hydrogens (tertiary/aromatic N) is 2. The highest BCUT2D eigenvalue weighted by molar-refractivity contribution is 7.14. The molecule has 2 N–H and O–H groups in total. The molecule has 0 atom stereocenters. The molecule has 0 aliphatic rings. The Morgan fingerprint density at radius 2 is 1.88 bits per heavy atom. The first-order chi connectivity index (χ1) is 12.1. The number of halogens is 1. The maximum Gasteiger partial charge on any atom is 0.276 e. The molecule has 2 amide bonds. The van der Waals surface area contributed by atoms with Gasteiger partial charge in [0.25, 0.3) is 11.8 Å². The van der Waals surface area contributed by atoms with E-state index in [1.165, 1.54) is 35.6 Å². The predicted molar refractivity (Wildman–Crippen MR) is 94.5 cm³/mol. The van der Waals surface area contributed by atoms with Gasteiger partial charge in [-0.2, -0.15) is 5.10 Å². The van der Waals surface area contributed by atoms with Crippen LogP contribution in [0.1, 0.15) is 27.8 Å². The Morgan fingerprint density at radius 1 is 1.12 bits per heavy atom. The van der Waals surface area contributed by atoms with Gasteiger partial charge >= 0.3 is 0 Å². The number of benzene rings is 1. The van der Waals surface area contributed by atoms with Gasteiger partial charge in [0, 0.05) is 18.4 Å². The maximum absolute atomic E-state index is 12.9. The van der Waals surface area contributed by atoms with Crippen molar-refractivity contribution >= 4 is 33.8 Å². The van der Waals surface area contributed by atoms with Gasteiger partial charge in [0.05, 0.1) is 5.56 Å². The first-order valence-corrected chi connectivity index (χ1v) is 8.44. The summed E-state index contributed by atoms with van der Waals surface area (Å²) in [5, 5.41) is 11.6. The van der Waals surface area contributed by atoms with Gasteiger partial charge in [-0.1, -0.05) is 0 Å². The number of rotatable bonds is 5. The number of carbonyl (C=O) groups is 2. The summed E-state index contributed by atoms with van der Waals surface area (Å²) in [6.07, 6.45) is 1.71. The van der Waals surface area contributed by atoms with Crippen molar-refractivity contribution in [3.63, 3.8) is 0 Å². The van der Waals surface area contributed by atoms with Gasteiger partial charge in [-0.05, 0) is 48.7 Å². The fourth-order valence-electron chi connectivity index (χ4n) is 2.14. The molecule has 8 heteroatoms. The summed E-state index contributed by atoms with van der Waals surface area (Å²) in [5.41, 5.74) is 1.08. The third-order valence-corrected chi connectivity index (χ3v) is 4.27. The first-order valence-electron chi connectivity index (χ1n) is 7.56. The van der Waals surface area contributed by atoms with E-state index in [-0.39, 0.29) is 23.3 Å². The number of anilines is 2. The van der Waals surface area contributed by atoms with E-state index in [0.29, 0.717) is 22.8 Å². The lowest BCUT2D eigenvalue weighted by molar-refractivity contribution is 0.102. The monoisotopic (exact) mass is 358 g/mol. The number of hydrogen-bond acceptors (Lipinski definition) is 4. The summed E-state index contributed by atoms with van der Waals surface area (Å²) in [6, 6.07) is 8.69. The lowest BCUT2D eigenvalue weighted by atomic mass is 10.2. The topological polar surface area (TPSA) is 76.0 Å². The zero-order valence-corrected chi connectivity index (χ0v) is 14.1. The molecular weight excluding hydrogens is 343 g/mol. The van der Waals surface area contributed by atoms with Gasteiger partial charge in [0.1, 0.15) is 10.8 Å². The molecule has 25 heavy (non-hydrogen) atoms. The van der Waals surface area contributed by atoms with Gasteiger partial charge in [-0.15, -0.1) is 11.3 Å². The van der Waals surface area contributed by atoms with E-state index in [2.05, 4.69) is 15.7 Å². The van der Waals surface area contributed by atoms with Crippen LogP contribution in [-0.2, 0) is 6.54 Å². The van der Waals surface area contributed by atoms with Crippen LogP contribution in [0.15, 0.2) is 48.0 Å². The first kappa shape index (κ1) is 16.8. The van der Waals surface area contributed by atoms with Gasteiger partial charge in [0.2, 0.25) is 0 Å². The molecule has 0 bridgehead atoms. The van der Waals surface area contributed by atoms with Crippen molar-refractivity contribution in [2.75, 3.05) is 10.6 Å². The van der Waals surface area contributed by atoms with Gasteiger partial charge < -0.3 is 10.6 Å². The van der Waals surface area contributed by atoms with Gasteiger partial charge in [-0.25, -0.2) is 4.39 Å². The molecule has 2 aromatic heterocycles. The van der Waals surface area contributed by atoms with Crippen molar-refractivity contribution in [1.82, 2.24) is 9.78 Å². The molecule has 0 aliphatic carbocycles. The van der Waals surface area contributed by atoms with Crippen LogP contribution in [0.4, 0.5) is 15.1 Å². The Bertz CT molecular complexity index is 902. The predicted octanol–water partition coefficient (Wildman–Crippen LogP) is 3.61. The van der Waals surface area contributed by atoms with Crippen molar-refractivity contribution < 1.29 is 14.0 Å². The average Bonchev–Trinajstić information content (AvgIpc) is 3.26. The van der Waals surface area contributed by atoms with Crippen LogP contribution in [0.3, 0.4) is 0 Å². The quantitative estimate of drug-likeness (QED) is 0.731. The smallest absolute Gasteiger partial charge is 0.276 e. The molecule has 0 saturated carbocycles. The number of aromatic nitrogens is 2. The molecule has 1 aromatic carbocycles. The molecule has 3 rings (SSSR count). The largest absolute Gasteiger partial charge is 0.322 e. The van der Waals surface area contributed by atoms with Gasteiger partial charge in [0.15, 0.2) is 5.69 Å². The number of carbonyl (C=O) groups excluding carboxylic acids is 2. The maximum atomic E-state index is 12.9. The van der Waals surface area contributed by atoms with E-state index in [9.17, 15) is 14.0 Å². The molecule has 3 aromatic rings. The van der Waals surface area contributed by atoms with E-state index in [4.69, 9.17) is 0 Å². The molecule has 0 aliphatic heterocycles. The fourth-order valence-corrected chi connectivity index (χ4v) is 2.92. The molecule has 0 fully saturated rings. The van der Waals surface area contributed by atoms with E-state index < -0.39 is 0 Å². The number of hydrogen-bond donors (Lipinski definition) is 2. The van der Waals surface area contributed by atoms with Crippen molar-refractivity contribution in [2.24, 2.45) is 0 Å². The minimum absolute atomic E-state index is 0.278. The molecule has 128 valence electrons. The summed E-state index contributed by atoms with van der Waals surface area (Å²) in [6.45, 7) is 2.59. The van der Waals surface area contributed by atoms with E-state index >= 15 is 0 Å². The SMILES string of the molecule is CCn1ccc(C(=O)Nc2sccc2C(=O)Nc2ccc(F)cc2)n1. The molecule has 0 saturated heterocycles. The number of thiophene rings is 1. The van der Waals surface area contributed by atoms with Crippen LogP contribution in [0, 0.1) is 5.82 Å². The zero-order valence-electron chi connectivity index (χ0n) is 13.3. The van der Waals surface area contributed by atoms with E-state index in [1.54, 1.807) is 28.4 Å². The lowest BCUT2D eigenvalue weighted by Gasteiger charge is -2.07. The Balaban J connectivity index is 1.72. The molecule has 6 nitrogen and oxygen atoms in total. The normalized spacial score (nSPS) is 10.5. The lowest BCUT2D eigenvalue weighted by Crippen LogP contribution is -2.17. The zero-order chi connectivity index (χ0) is 17.8. The Morgan fingerprint density at radius 3 is 2.56 bits per heavy atom. The van der Waals surface area contributed by atoms with Crippen molar-refractivity contribution in [3.8, 4) is 0 Å². The highest BCUT2D eigenvalue weighted by Gasteiger charge is 2.17. The van der Waals surface area contributed by atoms with Crippen molar-refractivity contribution in [3.05, 3.63) is 65.0 Å². The van der Waals surface area contributed by atoms with E-state index in [1.807, 2.05) is 6.92 Å². The third kappa shape index (κ3) is 3.92. The standard InChI is InChI=1S/C17H15FN4O2S/c1-2-22-9-7-14(21-22)16(24)20-17-13(8-10-25-17)15(23)19-12-5-3-11(18)4-6-12/h3-10H,2H2,1H3,(H,19,23)(H,20,24). The van der Waals surface area contributed by atoms with Crippen LogP contribution in [0.25, 0.3) is 0 Å². The van der Waals surface area contributed by atoms with Crippen LogP contribution >= 0.6 is 11.3 Å². The number of aryl methyl sites for hydroxylation is 1. The minimum atomic E-state index is -0.387. The van der Waals surface area contributed by atoms with Crippen LogP contribution in [0.5, 0.6) is 0 Å². The second-order valence-electron chi connectivity index (χ2n) is 5.14. The van der Waals surface area contributed by atoms with Gasteiger partial charge in [-0.3, -0.25) is 14.3 Å². The second-order valence-corrected chi connectivity index (χ2v) is 6.05. The highest BCUT2D eigenvalue weighted by Crippen LogP contribution is 2.25. The summed E-state index contributed by atoms with van der Waals surface area (Å²) < 4.78 is 14.6. The van der Waals surface area contributed by atoms with Crippen molar-refractivity contribution in [1.29, 1.82) is 0 Å². The number of nitrogens with one attached hydrogen (secondary N) is 2. The summed E-state index contributed by atoms with van der Waals surface area (Å²) >= 11 is 1.24. The van der Waals surface area contributed by atoms with Crippen LogP contribution in [0.2, 0.25) is 0 Å². The molecule has 0 spiro atoms. The third-order valence-electron chi connectivity index (χ3n) is 3.44. The Labute approximate surface area is 147 Å². The van der Waals surface area contributed by atoms with Crippen LogP contribution in [-0.4, -0.2) is 21.6 Å². The minimum Gasteiger partial charge on any atom is -0.322 e.